The van der Waals surface area contributed by atoms with Gasteiger partial charge in [-0.3, -0.25) is 4.79 Å². The molecule has 0 saturated heterocycles. The lowest BCUT2D eigenvalue weighted by atomic mass is 9.92. The van der Waals surface area contributed by atoms with Crippen molar-refractivity contribution in [3.63, 3.8) is 0 Å². The Morgan fingerprint density at radius 3 is 2.26 bits per heavy atom. The Morgan fingerprint density at radius 2 is 1.74 bits per heavy atom. The zero-order valence-corrected chi connectivity index (χ0v) is 18.7. The molecule has 6 heteroatoms. The van der Waals surface area contributed by atoms with Gasteiger partial charge in [-0.15, -0.1) is 0 Å². The molecule has 1 amide bonds. The van der Waals surface area contributed by atoms with Gasteiger partial charge in [-0.2, -0.15) is 0 Å². The maximum atomic E-state index is 12.1. The van der Waals surface area contributed by atoms with Gasteiger partial charge in [0.2, 0.25) is 5.91 Å². The maximum Gasteiger partial charge on any atom is 0.222 e. The van der Waals surface area contributed by atoms with Crippen LogP contribution in [-0.2, 0) is 19.1 Å². The molecule has 2 N–H and O–H groups in total. The number of carbonyl (C=O) groups is 2. The van der Waals surface area contributed by atoms with Crippen LogP contribution in [0.3, 0.4) is 0 Å². The first kappa shape index (κ1) is 26.0. The predicted octanol–water partition coefficient (Wildman–Crippen LogP) is 3.09. The fraction of sp³-hybridized carbons (Fsp3) is 0.905. The van der Waals surface area contributed by atoms with Gasteiger partial charge in [-0.05, 0) is 47.5 Å². The van der Waals surface area contributed by atoms with Crippen LogP contribution in [0.4, 0.5) is 0 Å². The van der Waals surface area contributed by atoms with Crippen molar-refractivity contribution in [1.29, 1.82) is 0 Å². The van der Waals surface area contributed by atoms with E-state index in [0.717, 1.165) is 19.1 Å². The average molecular weight is 387 g/mol. The second kappa shape index (κ2) is 11.8. The number of hydrogen-bond acceptors (Lipinski definition) is 5. The van der Waals surface area contributed by atoms with Gasteiger partial charge in [-0.25, -0.2) is 0 Å². The highest BCUT2D eigenvalue weighted by Crippen LogP contribution is 2.17. The number of nitrogens with one attached hydrogen (secondary N) is 2. The summed E-state index contributed by atoms with van der Waals surface area (Å²) in [6, 6.07) is 0. The molecule has 0 aliphatic heterocycles. The van der Waals surface area contributed by atoms with E-state index >= 15 is 0 Å². The second-order valence-corrected chi connectivity index (χ2v) is 9.31. The van der Waals surface area contributed by atoms with E-state index in [-0.39, 0.29) is 23.0 Å². The monoisotopic (exact) mass is 386 g/mol. The van der Waals surface area contributed by atoms with Crippen LogP contribution in [0.25, 0.3) is 0 Å². The molecule has 0 aliphatic rings. The molecular weight excluding hydrogens is 344 g/mol. The molecule has 1 unspecified atom stereocenters. The SMILES string of the molecule is CCC(C)(C=O)NCC(C)(C)COCCC(=O)NC(C)(C)CCOC(C)C. The zero-order valence-electron chi connectivity index (χ0n) is 18.7. The van der Waals surface area contributed by atoms with Gasteiger partial charge in [0.05, 0.1) is 24.9 Å². The van der Waals surface area contributed by atoms with Crippen LogP contribution in [0.5, 0.6) is 0 Å². The number of ether oxygens (including phenoxy) is 2. The van der Waals surface area contributed by atoms with Crippen molar-refractivity contribution in [2.45, 2.75) is 91.8 Å². The molecule has 6 nitrogen and oxygen atoms in total. The fourth-order valence-electron chi connectivity index (χ4n) is 2.31. The smallest absolute Gasteiger partial charge is 0.222 e. The van der Waals surface area contributed by atoms with Gasteiger partial charge in [0, 0.05) is 30.5 Å². The molecule has 0 radical (unpaired) electrons. The molecule has 0 saturated carbocycles. The molecule has 0 aromatic rings. The Kier molecular flexibility index (Phi) is 11.3. The summed E-state index contributed by atoms with van der Waals surface area (Å²) in [7, 11) is 0. The van der Waals surface area contributed by atoms with Gasteiger partial charge in [-0.1, -0.05) is 20.8 Å². The first-order chi connectivity index (χ1) is 12.3. The molecular formula is C21H42N2O4. The Balaban J connectivity index is 4.10. The number of rotatable bonds is 15. The first-order valence-corrected chi connectivity index (χ1v) is 10.1. The zero-order chi connectivity index (χ0) is 21.1. The first-order valence-electron chi connectivity index (χ1n) is 10.1. The fourth-order valence-corrected chi connectivity index (χ4v) is 2.31. The summed E-state index contributed by atoms with van der Waals surface area (Å²) in [6.07, 6.45) is 3.00. The predicted molar refractivity (Wildman–Crippen MR) is 110 cm³/mol. The van der Waals surface area contributed by atoms with Crippen LogP contribution in [0.15, 0.2) is 0 Å². The van der Waals surface area contributed by atoms with Gasteiger partial charge >= 0.3 is 0 Å². The van der Waals surface area contributed by atoms with E-state index in [1.54, 1.807) is 0 Å². The third-order valence-corrected chi connectivity index (χ3v) is 4.59. The number of carbonyl (C=O) groups excluding carboxylic acids is 2. The molecule has 0 spiro atoms. The topological polar surface area (TPSA) is 76.7 Å². The van der Waals surface area contributed by atoms with E-state index < -0.39 is 5.54 Å². The Morgan fingerprint density at radius 1 is 1.11 bits per heavy atom. The number of amides is 1. The van der Waals surface area contributed by atoms with Crippen molar-refractivity contribution in [3.05, 3.63) is 0 Å². The van der Waals surface area contributed by atoms with Crippen LogP contribution in [-0.4, -0.2) is 55.7 Å². The van der Waals surface area contributed by atoms with Crippen LogP contribution in [0.1, 0.15) is 74.7 Å². The Bertz CT molecular complexity index is 449. The second-order valence-electron chi connectivity index (χ2n) is 9.31. The summed E-state index contributed by atoms with van der Waals surface area (Å²) in [4.78, 5) is 23.3. The third kappa shape index (κ3) is 12.9. The van der Waals surface area contributed by atoms with Gasteiger partial charge in [0.15, 0.2) is 0 Å². The number of aldehydes is 1. The quantitative estimate of drug-likeness (QED) is 0.334. The van der Waals surface area contributed by atoms with Gasteiger partial charge in [0.1, 0.15) is 6.29 Å². The van der Waals surface area contributed by atoms with E-state index in [4.69, 9.17) is 9.47 Å². The molecule has 1 atom stereocenters. The van der Waals surface area contributed by atoms with Crippen LogP contribution < -0.4 is 10.6 Å². The van der Waals surface area contributed by atoms with Crippen molar-refractivity contribution in [2.24, 2.45) is 5.41 Å². The van der Waals surface area contributed by atoms with Gasteiger partial charge in [0.25, 0.3) is 0 Å². The molecule has 27 heavy (non-hydrogen) atoms. The van der Waals surface area contributed by atoms with E-state index in [1.165, 1.54) is 0 Å². The molecule has 0 aromatic carbocycles. The van der Waals surface area contributed by atoms with Crippen LogP contribution in [0.2, 0.25) is 0 Å². The molecule has 160 valence electrons. The molecule has 0 rings (SSSR count). The standard InChI is InChI=1S/C21H42N2O4/c1-9-21(8,15-24)22-14-19(4,5)16-26-12-10-18(25)23-20(6,7)11-13-27-17(2)3/h15,17,22H,9-14,16H2,1-8H3,(H,23,25). The van der Waals surface area contributed by atoms with Gasteiger partial charge < -0.3 is 24.9 Å². The lowest BCUT2D eigenvalue weighted by Crippen LogP contribution is -2.48. The summed E-state index contributed by atoms with van der Waals surface area (Å²) in [5.41, 5.74) is -0.917. The van der Waals surface area contributed by atoms with E-state index in [2.05, 4.69) is 24.5 Å². The highest BCUT2D eigenvalue weighted by molar-refractivity contribution is 5.76. The Hall–Kier alpha value is -0.980. The Labute approximate surface area is 166 Å². The molecule has 0 aromatic heterocycles. The van der Waals surface area contributed by atoms with Crippen molar-refractivity contribution in [1.82, 2.24) is 10.6 Å². The van der Waals surface area contributed by atoms with Crippen molar-refractivity contribution >= 4 is 12.2 Å². The highest BCUT2D eigenvalue weighted by Gasteiger charge is 2.26. The minimum atomic E-state index is -0.498. The lowest BCUT2D eigenvalue weighted by Gasteiger charge is -2.31. The number of hydrogen-bond donors (Lipinski definition) is 2. The molecule has 0 aliphatic carbocycles. The summed E-state index contributed by atoms with van der Waals surface area (Å²) >= 11 is 0. The molecule has 0 heterocycles. The van der Waals surface area contributed by atoms with E-state index in [1.807, 2.05) is 41.5 Å². The molecule has 0 fully saturated rings. The maximum absolute atomic E-state index is 12.1. The molecule has 0 bridgehead atoms. The van der Waals surface area contributed by atoms with Crippen LogP contribution >= 0.6 is 0 Å². The van der Waals surface area contributed by atoms with Crippen molar-refractivity contribution < 1.29 is 19.1 Å². The summed E-state index contributed by atoms with van der Waals surface area (Å²) in [5, 5.41) is 6.34. The summed E-state index contributed by atoms with van der Waals surface area (Å²) in [6.45, 7) is 18.3. The average Bonchev–Trinajstić information content (AvgIpc) is 2.56. The van der Waals surface area contributed by atoms with Crippen molar-refractivity contribution in [2.75, 3.05) is 26.4 Å². The van der Waals surface area contributed by atoms with E-state index in [9.17, 15) is 9.59 Å². The van der Waals surface area contributed by atoms with Crippen molar-refractivity contribution in [3.8, 4) is 0 Å². The normalized spacial score (nSPS) is 14.9. The summed E-state index contributed by atoms with van der Waals surface area (Å²) in [5.74, 6) is -0.0139. The minimum Gasteiger partial charge on any atom is -0.380 e. The largest absolute Gasteiger partial charge is 0.380 e. The third-order valence-electron chi connectivity index (χ3n) is 4.59. The highest BCUT2D eigenvalue weighted by atomic mass is 16.5. The van der Waals surface area contributed by atoms with Crippen LogP contribution in [0, 0.1) is 5.41 Å². The minimum absolute atomic E-state index is 0.0139. The van der Waals surface area contributed by atoms with E-state index in [0.29, 0.717) is 32.8 Å². The lowest BCUT2D eigenvalue weighted by molar-refractivity contribution is -0.124. The summed E-state index contributed by atoms with van der Waals surface area (Å²) < 4.78 is 11.3.